The summed E-state index contributed by atoms with van der Waals surface area (Å²) in [4.78, 5) is 4.02. The number of halogens is 3. The van der Waals surface area contributed by atoms with Crippen LogP contribution in [0.4, 0.5) is 13.2 Å². The van der Waals surface area contributed by atoms with Crippen LogP contribution in [-0.2, 0) is 12.6 Å². The predicted octanol–water partition coefficient (Wildman–Crippen LogP) is 2.78. The first-order valence-corrected chi connectivity index (χ1v) is 5.15. The van der Waals surface area contributed by atoms with Gasteiger partial charge in [-0.25, -0.2) is 0 Å². The first-order chi connectivity index (χ1) is 7.39. The van der Waals surface area contributed by atoms with E-state index in [0.29, 0.717) is 25.0 Å². The van der Waals surface area contributed by atoms with E-state index < -0.39 is 17.8 Å². The summed E-state index contributed by atoms with van der Waals surface area (Å²) in [7, 11) is 0. The maximum absolute atomic E-state index is 12.8. The summed E-state index contributed by atoms with van der Waals surface area (Å²) >= 11 is 0. The fourth-order valence-electron chi connectivity index (χ4n) is 2.12. The summed E-state index contributed by atoms with van der Waals surface area (Å²) in [5.41, 5.74) is 0.0243. The van der Waals surface area contributed by atoms with Crippen molar-refractivity contribution in [1.29, 1.82) is 0 Å². The Morgan fingerprint density at radius 1 is 1.44 bits per heavy atom. The monoisotopic (exact) mass is 231 g/mol. The van der Waals surface area contributed by atoms with Gasteiger partial charge in [0.25, 0.3) is 0 Å². The van der Waals surface area contributed by atoms with Crippen LogP contribution in [0.1, 0.15) is 41.5 Å². The van der Waals surface area contributed by atoms with Crippen LogP contribution >= 0.6 is 0 Å². The van der Waals surface area contributed by atoms with Gasteiger partial charge in [-0.2, -0.15) is 13.2 Å². The fraction of sp³-hybridized carbons (Fsp3) is 0.545. The van der Waals surface area contributed by atoms with E-state index in [-0.39, 0.29) is 11.3 Å². The Morgan fingerprint density at radius 3 is 2.75 bits per heavy atom. The van der Waals surface area contributed by atoms with Gasteiger partial charge in [-0.1, -0.05) is 0 Å². The molecule has 88 valence electrons. The molecule has 1 atom stereocenters. The Kier molecular flexibility index (Phi) is 2.66. The van der Waals surface area contributed by atoms with E-state index in [1.165, 1.54) is 6.92 Å². The first kappa shape index (κ1) is 11.4. The number of aliphatic hydroxyl groups is 1. The van der Waals surface area contributed by atoms with Crippen LogP contribution in [0.2, 0.25) is 0 Å². The molecule has 16 heavy (non-hydrogen) atoms. The van der Waals surface area contributed by atoms with Crippen LogP contribution in [0.15, 0.2) is 6.07 Å². The smallest absolute Gasteiger partial charge is 0.387 e. The van der Waals surface area contributed by atoms with Gasteiger partial charge in [-0.05, 0) is 37.8 Å². The van der Waals surface area contributed by atoms with Crippen molar-refractivity contribution < 1.29 is 18.3 Å². The summed E-state index contributed by atoms with van der Waals surface area (Å²) in [6.45, 7) is 1.51. The second-order valence-corrected chi connectivity index (χ2v) is 4.08. The third-order valence-electron chi connectivity index (χ3n) is 2.81. The van der Waals surface area contributed by atoms with E-state index in [1.807, 2.05) is 0 Å². The van der Waals surface area contributed by atoms with Gasteiger partial charge in [0.05, 0.1) is 17.4 Å². The Hall–Kier alpha value is -1.10. The molecule has 0 fully saturated rings. The molecule has 0 saturated heterocycles. The maximum Gasteiger partial charge on any atom is 0.416 e. The lowest BCUT2D eigenvalue weighted by molar-refractivity contribution is -0.138. The lowest BCUT2D eigenvalue weighted by Crippen LogP contribution is -2.19. The Bertz CT molecular complexity index is 414. The zero-order chi connectivity index (χ0) is 11.9. The highest BCUT2D eigenvalue weighted by Crippen LogP contribution is 2.38. The minimum atomic E-state index is -4.37. The third-order valence-corrected chi connectivity index (χ3v) is 2.81. The number of aliphatic hydroxyl groups excluding tert-OH is 1. The predicted molar refractivity (Wildman–Crippen MR) is 51.9 cm³/mol. The summed E-state index contributed by atoms with van der Waals surface area (Å²) < 4.78 is 38.3. The number of hydrogen-bond donors (Lipinski definition) is 1. The molecule has 1 aliphatic rings. The highest BCUT2D eigenvalue weighted by Gasteiger charge is 2.36. The van der Waals surface area contributed by atoms with Crippen LogP contribution < -0.4 is 0 Å². The second kappa shape index (κ2) is 3.73. The van der Waals surface area contributed by atoms with Crippen LogP contribution in [0, 0.1) is 6.92 Å². The van der Waals surface area contributed by atoms with Crippen LogP contribution in [0.3, 0.4) is 0 Å². The molecule has 0 amide bonds. The second-order valence-electron chi connectivity index (χ2n) is 4.08. The van der Waals surface area contributed by atoms with Gasteiger partial charge >= 0.3 is 6.18 Å². The molecule has 1 aliphatic carbocycles. The average molecular weight is 231 g/mol. The number of rotatable bonds is 0. The van der Waals surface area contributed by atoms with Gasteiger partial charge < -0.3 is 5.11 Å². The SMILES string of the molecule is Cc1cc(C(F)(F)F)c2c(n1)C(O)CCC2. The zero-order valence-corrected chi connectivity index (χ0v) is 8.80. The molecule has 0 radical (unpaired) electrons. The van der Waals surface area contributed by atoms with Gasteiger partial charge in [0, 0.05) is 5.69 Å². The van der Waals surface area contributed by atoms with E-state index in [0.717, 1.165) is 6.07 Å². The van der Waals surface area contributed by atoms with Crippen molar-refractivity contribution in [2.75, 3.05) is 0 Å². The number of fused-ring (bicyclic) bond motifs is 1. The van der Waals surface area contributed by atoms with E-state index >= 15 is 0 Å². The van der Waals surface area contributed by atoms with Gasteiger partial charge in [-0.3, -0.25) is 4.98 Å². The lowest BCUT2D eigenvalue weighted by atomic mass is 9.89. The Morgan fingerprint density at radius 2 is 2.12 bits per heavy atom. The van der Waals surface area contributed by atoms with Crippen molar-refractivity contribution in [3.8, 4) is 0 Å². The molecule has 0 spiro atoms. The fourth-order valence-corrected chi connectivity index (χ4v) is 2.12. The minimum absolute atomic E-state index is 0.164. The normalized spacial score (nSPS) is 20.7. The Balaban J connectivity index is 2.62. The van der Waals surface area contributed by atoms with Gasteiger partial charge in [-0.15, -0.1) is 0 Å². The maximum atomic E-state index is 12.8. The third kappa shape index (κ3) is 1.91. The van der Waals surface area contributed by atoms with Crippen molar-refractivity contribution in [3.05, 3.63) is 28.6 Å². The molecular weight excluding hydrogens is 219 g/mol. The minimum Gasteiger partial charge on any atom is -0.387 e. The molecule has 0 aliphatic heterocycles. The van der Waals surface area contributed by atoms with Gasteiger partial charge in [0.2, 0.25) is 0 Å². The average Bonchev–Trinajstić information content (AvgIpc) is 2.17. The first-order valence-electron chi connectivity index (χ1n) is 5.15. The van der Waals surface area contributed by atoms with E-state index in [1.54, 1.807) is 0 Å². The van der Waals surface area contributed by atoms with Gasteiger partial charge in [0.15, 0.2) is 0 Å². The number of aryl methyl sites for hydroxylation is 1. The number of alkyl halides is 3. The molecule has 0 bridgehead atoms. The van der Waals surface area contributed by atoms with Gasteiger partial charge in [0.1, 0.15) is 0 Å². The summed E-state index contributed by atoms with van der Waals surface area (Å²) in [6, 6.07) is 1.05. The van der Waals surface area contributed by atoms with E-state index in [2.05, 4.69) is 4.98 Å². The lowest BCUT2D eigenvalue weighted by Gasteiger charge is -2.24. The number of aromatic nitrogens is 1. The Labute approximate surface area is 91.1 Å². The molecule has 0 saturated carbocycles. The molecule has 1 aromatic heterocycles. The van der Waals surface area contributed by atoms with Crippen LogP contribution in [0.5, 0.6) is 0 Å². The van der Waals surface area contributed by atoms with Crippen LogP contribution in [-0.4, -0.2) is 10.1 Å². The van der Waals surface area contributed by atoms with E-state index in [4.69, 9.17) is 0 Å². The summed E-state index contributed by atoms with van der Waals surface area (Å²) in [5, 5.41) is 9.65. The van der Waals surface area contributed by atoms with Crippen molar-refractivity contribution in [2.24, 2.45) is 0 Å². The molecule has 5 heteroatoms. The van der Waals surface area contributed by atoms with Crippen molar-refractivity contribution >= 4 is 0 Å². The highest BCUT2D eigenvalue weighted by atomic mass is 19.4. The molecule has 2 rings (SSSR count). The van der Waals surface area contributed by atoms with E-state index in [9.17, 15) is 18.3 Å². The molecule has 1 unspecified atom stereocenters. The highest BCUT2D eigenvalue weighted by molar-refractivity contribution is 5.37. The molecule has 2 nitrogen and oxygen atoms in total. The van der Waals surface area contributed by atoms with Crippen LogP contribution in [0.25, 0.3) is 0 Å². The molecule has 1 heterocycles. The quantitative estimate of drug-likeness (QED) is 0.744. The standard InChI is InChI=1S/C11H12F3NO/c1-6-5-8(11(12,13)14)7-3-2-4-9(16)10(7)15-6/h5,9,16H,2-4H2,1H3. The molecule has 1 aromatic rings. The largest absolute Gasteiger partial charge is 0.416 e. The number of nitrogens with zero attached hydrogens (tertiary/aromatic N) is 1. The zero-order valence-electron chi connectivity index (χ0n) is 8.80. The summed E-state index contributed by atoms with van der Waals surface area (Å²) in [5.74, 6) is 0. The summed E-state index contributed by atoms with van der Waals surface area (Å²) in [6.07, 6.45) is -3.82. The number of pyridine rings is 1. The molecule has 1 N–H and O–H groups in total. The molecular formula is C11H12F3NO. The number of hydrogen-bond acceptors (Lipinski definition) is 2. The molecule has 0 aromatic carbocycles. The topological polar surface area (TPSA) is 33.1 Å². The van der Waals surface area contributed by atoms with Crippen molar-refractivity contribution in [1.82, 2.24) is 4.98 Å². The van der Waals surface area contributed by atoms with Crippen molar-refractivity contribution in [3.63, 3.8) is 0 Å². The van der Waals surface area contributed by atoms with Crippen molar-refractivity contribution in [2.45, 2.75) is 38.5 Å².